The number of nitrogens with one attached hydrogen (secondary N) is 1. The molecule has 1 N–H and O–H groups in total. The maximum Gasteiger partial charge on any atom is 0.273 e. The van der Waals surface area contributed by atoms with Crippen molar-refractivity contribution in [3.8, 4) is 11.1 Å². The van der Waals surface area contributed by atoms with Crippen molar-refractivity contribution >= 4 is 55.8 Å². The van der Waals surface area contributed by atoms with Crippen molar-refractivity contribution in [2.45, 2.75) is 130 Å². The number of hydrogen-bond acceptors (Lipinski definition) is 12. The lowest BCUT2D eigenvalue weighted by Crippen LogP contribution is -2.64. The van der Waals surface area contributed by atoms with Crippen LogP contribution in [0, 0.1) is 36.0 Å². The number of pyridine rings is 1. The summed E-state index contributed by atoms with van der Waals surface area (Å²) in [7, 11) is 0. The Labute approximate surface area is 393 Å². The summed E-state index contributed by atoms with van der Waals surface area (Å²) in [6.45, 7) is 18.0. The smallest absolute Gasteiger partial charge is 0.273 e. The Hall–Kier alpha value is -4.79. The van der Waals surface area contributed by atoms with Crippen LogP contribution in [0.5, 0.6) is 0 Å². The molecular weight excluding hydrogens is 845 g/mol. The molecule has 2 atom stereocenters. The monoisotopic (exact) mass is 911 g/mol. The second kappa shape index (κ2) is 16.8. The average molecular weight is 911 g/mol. The minimum absolute atomic E-state index is 0.0786. The van der Waals surface area contributed by atoms with Crippen LogP contribution in [0.2, 0.25) is 0 Å². The first-order chi connectivity index (χ1) is 31.8. The molecule has 1 aromatic carbocycles. The summed E-state index contributed by atoms with van der Waals surface area (Å²) in [6, 6.07) is 12.3. The van der Waals surface area contributed by atoms with Gasteiger partial charge in [0.25, 0.3) is 5.91 Å². The molecule has 2 saturated heterocycles. The van der Waals surface area contributed by atoms with Crippen molar-refractivity contribution in [1.82, 2.24) is 39.7 Å². The SMILES string of the molecule is CC(=O)CC1CCN(C(=O)c2nc(N3CCCc4c3nnc(Nc3nc5ccccc5s3)c4C)ccc2-c2cnn(CC34CC5(C)CC(C)(C3)CC(OCCN3CCCC3)(C5)C4)c2C)CC1. The van der Waals surface area contributed by atoms with E-state index in [2.05, 4.69) is 59.6 Å². The van der Waals surface area contributed by atoms with Crippen molar-refractivity contribution in [2.24, 2.45) is 22.2 Å². The molecule has 4 aromatic heterocycles. The number of carbonyl (C=O) groups is 2. The second-order valence-electron chi connectivity index (χ2n) is 22.1. The number of nitrogens with zero attached hydrogens (tertiary/aromatic N) is 9. The summed E-state index contributed by atoms with van der Waals surface area (Å²) in [6.07, 6.45) is 15.6. The fourth-order valence-corrected chi connectivity index (χ4v) is 15.4. The molecule has 4 bridgehead atoms. The molecule has 2 unspecified atom stereocenters. The van der Waals surface area contributed by atoms with Gasteiger partial charge in [0.05, 0.1) is 28.6 Å². The molecule has 1 amide bonds. The standard InChI is InChI=1S/C52H66N10O3S/c1-34(63)25-37-16-21-60(22-17-37)47(64)44-39(14-15-43(55-44)61-20-10-11-38-35(2)45(57-58-46(38)61)56-48-54-41-12-6-7-13-42(41)66-48)40-26-53-62(36(40)3)33-51-28-49(4)27-50(5,29-51)31-52(30-49,32-51)65-24-23-59-18-8-9-19-59/h6-7,12-15,26,37H,8-11,16-25,27-33H2,1-5H3,(H,54,56,57). The highest BCUT2D eigenvalue weighted by atomic mass is 32.1. The number of anilines is 4. The molecule has 3 aliphatic heterocycles. The van der Waals surface area contributed by atoms with Gasteiger partial charge >= 0.3 is 0 Å². The lowest BCUT2D eigenvalue weighted by molar-refractivity contribution is -0.248. The van der Waals surface area contributed by atoms with E-state index >= 15 is 0 Å². The predicted octanol–water partition coefficient (Wildman–Crippen LogP) is 9.85. The van der Waals surface area contributed by atoms with Crippen LogP contribution in [-0.4, -0.2) is 103 Å². The van der Waals surface area contributed by atoms with Crippen LogP contribution in [0.4, 0.5) is 22.6 Å². The van der Waals surface area contributed by atoms with Gasteiger partial charge in [-0.2, -0.15) is 5.10 Å². The number of benzene rings is 1. The van der Waals surface area contributed by atoms with E-state index in [0.717, 1.165) is 114 Å². The molecule has 66 heavy (non-hydrogen) atoms. The zero-order valence-electron chi connectivity index (χ0n) is 39.6. The predicted molar refractivity (Wildman–Crippen MR) is 260 cm³/mol. The maximum absolute atomic E-state index is 14.9. The van der Waals surface area contributed by atoms with Crippen molar-refractivity contribution in [3.63, 3.8) is 0 Å². The number of ketones is 1. The first kappa shape index (κ1) is 43.8. The van der Waals surface area contributed by atoms with Gasteiger partial charge in [-0.3, -0.25) is 9.48 Å². The molecule has 4 saturated carbocycles. The van der Waals surface area contributed by atoms with Crippen LogP contribution in [-0.2, 0) is 22.5 Å². The van der Waals surface area contributed by atoms with E-state index in [-0.39, 0.29) is 33.5 Å². The van der Waals surface area contributed by atoms with E-state index < -0.39 is 0 Å². The third-order valence-corrected chi connectivity index (χ3v) is 17.2. The van der Waals surface area contributed by atoms with Gasteiger partial charge in [-0.25, -0.2) is 9.97 Å². The number of hydrogen-bond donors (Lipinski definition) is 1. The maximum atomic E-state index is 14.9. The van der Waals surface area contributed by atoms with Gasteiger partial charge in [0, 0.05) is 67.1 Å². The Balaban J connectivity index is 0.897. The summed E-state index contributed by atoms with van der Waals surface area (Å²) in [5, 5.41) is 18.9. The van der Waals surface area contributed by atoms with E-state index in [1.807, 2.05) is 35.4 Å². The molecule has 14 heteroatoms. The van der Waals surface area contributed by atoms with Crippen LogP contribution in [0.1, 0.15) is 125 Å². The number of rotatable bonds is 13. The van der Waals surface area contributed by atoms with E-state index in [1.54, 1.807) is 18.3 Å². The molecule has 0 spiro atoms. The van der Waals surface area contributed by atoms with E-state index in [4.69, 9.17) is 30.0 Å². The molecule has 7 aliphatic rings. The number of amides is 1. The molecule has 4 aliphatic carbocycles. The summed E-state index contributed by atoms with van der Waals surface area (Å²) < 4.78 is 10.5. The third-order valence-electron chi connectivity index (χ3n) is 16.3. The molecule has 5 aromatic rings. The Morgan fingerprint density at radius 3 is 2.39 bits per heavy atom. The first-order valence-corrected chi connectivity index (χ1v) is 25.5. The summed E-state index contributed by atoms with van der Waals surface area (Å²) >= 11 is 1.60. The number of piperidine rings is 1. The van der Waals surface area contributed by atoms with Gasteiger partial charge in [0.15, 0.2) is 16.8 Å². The number of para-hydroxylation sites is 1. The Morgan fingerprint density at radius 2 is 1.64 bits per heavy atom. The van der Waals surface area contributed by atoms with Gasteiger partial charge in [-0.15, -0.1) is 10.2 Å². The number of Topliss-reactive ketones (excluding diaryl/α,β-unsaturated/α-hetero) is 1. The summed E-state index contributed by atoms with van der Waals surface area (Å²) in [5.41, 5.74) is 6.88. The minimum atomic E-state index is -0.0798. The van der Waals surface area contributed by atoms with E-state index in [1.165, 1.54) is 45.2 Å². The summed E-state index contributed by atoms with van der Waals surface area (Å²) in [4.78, 5) is 43.7. The molecular formula is C52H66N10O3S. The van der Waals surface area contributed by atoms with Crippen LogP contribution in [0.3, 0.4) is 0 Å². The second-order valence-corrected chi connectivity index (χ2v) is 23.1. The van der Waals surface area contributed by atoms with Crippen molar-refractivity contribution in [1.29, 1.82) is 0 Å². The average Bonchev–Trinajstić information content (AvgIpc) is 4.03. The fourth-order valence-electron chi connectivity index (χ4n) is 14.6. The topological polar surface area (TPSA) is 134 Å². The van der Waals surface area contributed by atoms with Crippen molar-refractivity contribution in [2.75, 3.05) is 56.1 Å². The van der Waals surface area contributed by atoms with Gasteiger partial charge in [-0.1, -0.05) is 37.3 Å². The molecule has 7 heterocycles. The van der Waals surface area contributed by atoms with Gasteiger partial charge in [0.1, 0.15) is 17.3 Å². The van der Waals surface area contributed by atoms with E-state index in [0.29, 0.717) is 49.3 Å². The normalized spacial score (nSPS) is 27.5. The molecule has 12 rings (SSSR count). The first-order valence-electron chi connectivity index (χ1n) is 24.7. The molecule has 13 nitrogen and oxygen atoms in total. The Kier molecular flexibility index (Phi) is 11.1. The van der Waals surface area contributed by atoms with Crippen LogP contribution in [0.15, 0.2) is 42.6 Å². The van der Waals surface area contributed by atoms with Gasteiger partial charge in [-0.05, 0) is 157 Å². The molecule has 0 radical (unpaired) electrons. The van der Waals surface area contributed by atoms with Gasteiger partial charge < -0.3 is 29.5 Å². The Morgan fingerprint density at radius 1 is 0.864 bits per heavy atom. The number of fused-ring (bicyclic) bond motifs is 2. The van der Waals surface area contributed by atoms with Crippen LogP contribution in [0.25, 0.3) is 21.3 Å². The van der Waals surface area contributed by atoms with Crippen molar-refractivity contribution < 1.29 is 14.3 Å². The zero-order valence-corrected chi connectivity index (χ0v) is 40.4. The highest BCUT2D eigenvalue weighted by Gasteiger charge is 2.66. The minimum Gasteiger partial charge on any atom is -0.374 e. The van der Waals surface area contributed by atoms with Gasteiger partial charge in [0.2, 0.25) is 0 Å². The van der Waals surface area contributed by atoms with Crippen LogP contribution >= 0.6 is 11.3 Å². The number of aromatic nitrogens is 6. The highest BCUT2D eigenvalue weighted by molar-refractivity contribution is 7.22. The Bertz CT molecular complexity index is 2630. The lowest BCUT2D eigenvalue weighted by atomic mass is 9.39. The number of thiazole rings is 1. The number of ether oxygens (including phenoxy) is 1. The largest absolute Gasteiger partial charge is 0.374 e. The van der Waals surface area contributed by atoms with E-state index in [9.17, 15) is 9.59 Å². The molecule has 6 fully saturated rings. The summed E-state index contributed by atoms with van der Waals surface area (Å²) in [5.74, 6) is 2.59. The quantitative estimate of drug-likeness (QED) is 0.121. The fraction of sp³-hybridized carbons (Fsp3) is 0.596. The number of likely N-dealkylation sites (tertiary alicyclic amines) is 2. The highest BCUT2D eigenvalue weighted by Crippen LogP contribution is 2.72. The van der Waals surface area contributed by atoms with Crippen molar-refractivity contribution in [3.05, 3.63) is 65.1 Å². The molecule has 348 valence electrons. The third kappa shape index (κ3) is 8.22. The lowest BCUT2D eigenvalue weighted by Gasteiger charge is -2.69. The van der Waals surface area contributed by atoms with Crippen LogP contribution < -0.4 is 10.2 Å². The number of carbonyl (C=O) groups excluding carboxylic acids is 2. The zero-order chi connectivity index (χ0) is 45.4.